The van der Waals surface area contributed by atoms with Crippen LogP contribution in [0.15, 0.2) is 18.2 Å². The minimum atomic E-state index is -0.979. The first kappa shape index (κ1) is 27.0. The van der Waals surface area contributed by atoms with Gasteiger partial charge in [-0.05, 0) is 55.2 Å². The van der Waals surface area contributed by atoms with Crippen LogP contribution < -0.4 is 11.5 Å². The van der Waals surface area contributed by atoms with E-state index >= 15 is 0 Å². The molecule has 6 heteroatoms. The fraction of sp³-hybridized carbons (Fsp3) is 0.750. The highest BCUT2D eigenvalue weighted by atomic mass is 16.3. The van der Waals surface area contributed by atoms with Gasteiger partial charge >= 0.3 is 0 Å². The third-order valence-corrected chi connectivity index (χ3v) is 6.13. The lowest BCUT2D eigenvalue weighted by molar-refractivity contribution is 0.114. The predicted molar refractivity (Wildman–Crippen MR) is 122 cm³/mol. The molecule has 0 saturated heterocycles. The van der Waals surface area contributed by atoms with Gasteiger partial charge < -0.3 is 31.9 Å². The van der Waals surface area contributed by atoms with Crippen molar-refractivity contribution in [3.05, 3.63) is 34.9 Å². The van der Waals surface area contributed by atoms with Gasteiger partial charge in [0, 0.05) is 0 Å². The standard InChI is InChI=1S/C24H44N2O4/c1-2-3-4-5-6-7-8-21-10-9-20(11-13-23(25,16-27)17-28)15-22(21)12-14-24(26,18-29)19-30/h9-10,15,27-30H,2-8,11-14,16-19,25-26H2,1H3. The predicted octanol–water partition coefficient (Wildman–Crippen LogP) is 1.82. The lowest BCUT2D eigenvalue weighted by atomic mass is 9.88. The summed E-state index contributed by atoms with van der Waals surface area (Å²) in [5, 5.41) is 37.9. The number of aliphatic hydroxyl groups excluding tert-OH is 4. The monoisotopic (exact) mass is 424 g/mol. The normalized spacial score (nSPS) is 12.5. The first-order valence-corrected chi connectivity index (χ1v) is 11.5. The van der Waals surface area contributed by atoms with Crippen molar-refractivity contribution in [1.29, 1.82) is 0 Å². The second-order valence-corrected chi connectivity index (χ2v) is 8.98. The fourth-order valence-electron chi connectivity index (χ4n) is 3.60. The number of rotatable bonds is 17. The van der Waals surface area contributed by atoms with Crippen LogP contribution in [0.3, 0.4) is 0 Å². The van der Waals surface area contributed by atoms with Crippen molar-refractivity contribution in [1.82, 2.24) is 0 Å². The smallest absolute Gasteiger partial charge is 0.0633 e. The number of aliphatic hydroxyl groups is 4. The molecule has 0 atom stereocenters. The summed E-state index contributed by atoms with van der Waals surface area (Å²) in [4.78, 5) is 0. The SMILES string of the molecule is CCCCCCCCc1ccc(CCC(N)(CO)CO)cc1CCC(N)(CO)CO. The van der Waals surface area contributed by atoms with E-state index < -0.39 is 11.1 Å². The molecule has 0 aromatic heterocycles. The number of aryl methyl sites for hydroxylation is 3. The summed E-state index contributed by atoms with van der Waals surface area (Å²) in [6, 6.07) is 6.40. The molecule has 0 bridgehead atoms. The summed E-state index contributed by atoms with van der Waals surface area (Å²) in [6.07, 6.45) is 10.8. The minimum absolute atomic E-state index is 0.251. The Bertz CT molecular complexity index is 587. The molecule has 0 radical (unpaired) electrons. The molecule has 1 aromatic carbocycles. The van der Waals surface area contributed by atoms with Crippen LogP contribution in [0, 0.1) is 0 Å². The second kappa shape index (κ2) is 14.1. The number of hydrogen-bond donors (Lipinski definition) is 6. The Morgan fingerprint density at radius 1 is 0.667 bits per heavy atom. The van der Waals surface area contributed by atoms with Gasteiger partial charge in [0.1, 0.15) is 0 Å². The highest BCUT2D eigenvalue weighted by Crippen LogP contribution is 2.22. The zero-order chi connectivity index (χ0) is 22.5. The van der Waals surface area contributed by atoms with E-state index in [4.69, 9.17) is 11.5 Å². The summed E-state index contributed by atoms with van der Waals surface area (Å²) in [5.41, 5.74) is 13.7. The molecule has 0 amide bonds. The Hall–Kier alpha value is -1.02. The number of hydrogen-bond acceptors (Lipinski definition) is 6. The van der Waals surface area contributed by atoms with E-state index in [1.54, 1.807) is 0 Å². The Balaban J connectivity index is 2.83. The van der Waals surface area contributed by atoms with Crippen LogP contribution in [0.4, 0.5) is 0 Å². The summed E-state index contributed by atoms with van der Waals surface area (Å²) >= 11 is 0. The van der Waals surface area contributed by atoms with Crippen LogP contribution in [0.2, 0.25) is 0 Å². The van der Waals surface area contributed by atoms with Crippen LogP contribution in [-0.2, 0) is 19.3 Å². The molecule has 0 aliphatic heterocycles. The molecule has 0 aliphatic rings. The molecule has 174 valence electrons. The Morgan fingerprint density at radius 2 is 1.20 bits per heavy atom. The highest BCUT2D eigenvalue weighted by molar-refractivity contribution is 5.33. The molecule has 1 rings (SSSR count). The quantitative estimate of drug-likeness (QED) is 0.211. The van der Waals surface area contributed by atoms with E-state index in [0.717, 1.165) is 18.4 Å². The molecular weight excluding hydrogens is 380 g/mol. The van der Waals surface area contributed by atoms with Gasteiger partial charge in [-0.2, -0.15) is 0 Å². The van der Waals surface area contributed by atoms with Gasteiger partial charge in [0.15, 0.2) is 0 Å². The van der Waals surface area contributed by atoms with Gasteiger partial charge in [-0.15, -0.1) is 0 Å². The fourth-order valence-corrected chi connectivity index (χ4v) is 3.60. The molecular formula is C24H44N2O4. The molecule has 1 aromatic rings. The van der Waals surface area contributed by atoms with Gasteiger partial charge in [-0.25, -0.2) is 0 Å². The summed E-state index contributed by atoms with van der Waals surface area (Å²) in [5.74, 6) is 0. The largest absolute Gasteiger partial charge is 0.394 e. The summed E-state index contributed by atoms with van der Waals surface area (Å²) in [6.45, 7) is 1.21. The Kier molecular flexibility index (Phi) is 12.7. The summed E-state index contributed by atoms with van der Waals surface area (Å²) in [7, 11) is 0. The molecule has 8 N–H and O–H groups in total. The maximum Gasteiger partial charge on any atom is 0.0633 e. The molecule has 0 fully saturated rings. The lowest BCUT2D eigenvalue weighted by Crippen LogP contribution is -2.47. The van der Waals surface area contributed by atoms with Crippen molar-refractivity contribution < 1.29 is 20.4 Å². The van der Waals surface area contributed by atoms with Crippen LogP contribution in [0.5, 0.6) is 0 Å². The van der Waals surface area contributed by atoms with Crippen LogP contribution in [0.1, 0.15) is 75.0 Å². The van der Waals surface area contributed by atoms with Gasteiger partial charge in [-0.3, -0.25) is 0 Å². The van der Waals surface area contributed by atoms with Crippen LogP contribution >= 0.6 is 0 Å². The molecule has 6 nitrogen and oxygen atoms in total. The van der Waals surface area contributed by atoms with Gasteiger partial charge in [0.2, 0.25) is 0 Å². The van der Waals surface area contributed by atoms with Crippen molar-refractivity contribution in [2.75, 3.05) is 26.4 Å². The zero-order valence-corrected chi connectivity index (χ0v) is 18.8. The van der Waals surface area contributed by atoms with Crippen molar-refractivity contribution >= 4 is 0 Å². The number of nitrogens with two attached hydrogens (primary N) is 2. The molecule has 0 unspecified atom stereocenters. The first-order chi connectivity index (χ1) is 14.3. The summed E-state index contributed by atoms with van der Waals surface area (Å²) < 4.78 is 0. The zero-order valence-electron chi connectivity index (χ0n) is 18.8. The Labute approximate surface area is 182 Å². The maximum atomic E-state index is 9.51. The number of unbranched alkanes of at least 4 members (excludes halogenated alkanes) is 5. The third-order valence-electron chi connectivity index (χ3n) is 6.13. The van der Waals surface area contributed by atoms with E-state index in [0.29, 0.717) is 25.7 Å². The molecule has 0 saturated carbocycles. The van der Waals surface area contributed by atoms with E-state index in [-0.39, 0.29) is 26.4 Å². The van der Waals surface area contributed by atoms with Gasteiger partial charge in [0.05, 0.1) is 37.5 Å². The van der Waals surface area contributed by atoms with Gasteiger partial charge in [0.25, 0.3) is 0 Å². The first-order valence-electron chi connectivity index (χ1n) is 11.5. The van der Waals surface area contributed by atoms with Crippen molar-refractivity contribution in [2.45, 2.75) is 88.6 Å². The van der Waals surface area contributed by atoms with Crippen LogP contribution in [-0.4, -0.2) is 57.9 Å². The average molecular weight is 425 g/mol. The van der Waals surface area contributed by atoms with Gasteiger partial charge in [-0.1, -0.05) is 57.2 Å². The second-order valence-electron chi connectivity index (χ2n) is 8.98. The third kappa shape index (κ3) is 9.41. The number of benzene rings is 1. The van der Waals surface area contributed by atoms with Crippen molar-refractivity contribution in [3.63, 3.8) is 0 Å². The maximum absolute atomic E-state index is 9.51. The van der Waals surface area contributed by atoms with E-state index in [1.165, 1.54) is 43.2 Å². The molecule has 0 heterocycles. The molecule has 0 spiro atoms. The highest BCUT2D eigenvalue weighted by Gasteiger charge is 2.24. The lowest BCUT2D eigenvalue weighted by Gasteiger charge is -2.26. The van der Waals surface area contributed by atoms with E-state index in [2.05, 4.69) is 25.1 Å². The average Bonchev–Trinajstić information content (AvgIpc) is 2.78. The molecule has 30 heavy (non-hydrogen) atoms. The van der Waals surface area contributed by atoms with E-state index in [9.17, 15) is 20.4 Å². The topological polar surface area (TPSA) is 133 Å². The van der Waals surface area contributed by atoms with Crippen molar-refractivity contribution in [3.8, 4) is 0 Å². The minimum Gasteiger partial charge on any atom is -0.394 e. The Morgan fingerprint density at radius 3 is 1.77 bits per heavy atom. The van der Waals surface area contributed by atoms with Crippen LogP contribution in [0.25, 0.3) is 0 Å². The molecule has 0 aliphatic carbocycles. The van der Waals surface area contributed by atoms with E-state index in [1.807, 2.05) is 0 Å². The van der Waals surface area contributed by atoms with Crippen molar-refractivity contribution in [2.24, 2.45) is 11.5 Å².